The Morgan fingerprint density at radius 3 is 2.15 bits per heavy atom. The summed E-state index contributed by atoms with van der Waals surface area (Å²) in [6, 6.07) is 0.975. The van der Waals surface area contributed by atoms with Crippen LogP contribution in [0.1, 0.15) is 32.8 Å². The maximum absolute atomic E-state index is 13.3. The molecule has 0 aliphatic heterocycles. The summed E-state index contributed by atoms with van der Waals surface area (Å²) in [5.41, 5.74) is -1.03. The average molecular weight is 288 g/mol. The predicted molar refractivity (Wildman–Crippen MR) is 65.5 cm³/mol. The number of benzene rings is 1. The maximum atomic E-state index is 13.3. The lowest BCUT2D eigenvalue weighted by Gasteiger charge is -2.19. The molecule has 0 amide bonds. The van der Waals surface area contributed by atoms with Crippen molar-refractivity contribution < 1.29 is 27.5 Å². The topological polar surface area (TPSA) is 43.4 Å². The molecule has 1 aromatic carbocycles. The van der Waals surface area contributed by atoms with E-state index in [0.717, 1.165) is 0 Å². The first-order chi connectivity index (χ1) is 9.08. The van der Waals surface area contributed by atoms with Gasteiger partial charge in [-0.05, 0) is 32.4 Å². The van der Waals surface area contributed by atoms with Crippen molar-refractivity contribution in [2.75, 3.05) is 0 Å². The van der Waals surface area contributed by atoms with Crippen molar-refractivity contribution >= 4 is 11.8 Å². The molecule has 0 saturated heterocycles. The highest BCUT2D eigenvalue weighted by Gasteiger charge is 2.20. The van der Waals surface area contributed by atoms with E-state index in [4.69, 9.17) is 4.74 Å². The molecular formula is C14H15F3O3. The summed E-state index contributed by atoms with van der Waals surface area (Å²) >= 11 is 0. The Morgan fingerprint density at radius 2 is 1.60 bits per heavy atom. The van der Waals surface area contributed by atoms with Gasteiger partial charge in [0.2, 0.25) is 0 Å². The van der Waals surface area contributed by atoms with Gasteiger partial charge in [-0.15, -0.1) is 0 Å². The van der Waals surface area contributed by atoms with Crippen molar-refractivity contribution in [2.45, 2.75) is 39.2 Å². The van der Waals surface area contributed by atoms with Gasteiger partial charge in [-0.2, -0.15) is 0 Å². The molecule has 0 heterocycles. The molecule has 0 N–H and O–H groups in total. The molecule has 0 aliphatic rings. The van der Waals surface area contributed by atoms with Crippen LogP contribution in [0.25, 0.3) is 0 Å². The number of rotatable bonds is 4. The van der Waals surface area contributed by atoms with Crippen LogP contribution in [0.2, 0.25) is 0 Å². The molecule has 0 spiro atoms. The van der Waals surface area contributed by atoms with E-state index in [1.807, 2.05) is 0 Å². The van der Waals surface area contributed by atoms with Crippen molar-refractivity contribution in [3.8, 4) is 0 Å². The zero-order valence-electron chi connectivity index (χ0n) is 11.4. The van der Waals surface area contributed by atoms with Gasteiger partial charge in [0.15, 0.2) is 11.6 Å². The Morgan fingerprint density at radius 1 is 1.05 bits per heavy atom. The van der Waals surface area contributed by atoms with E-state index in [1.165, 1.54) is 0 Å². The SMILES string of the molecule is CC(C)(C)OC(=O)CC(=O)Cc1cc(F)c(F)cc1F. The summed E-state index contributed by atoms with van der Waals surface area (Å²) in [4.78, 5) is 23.0. The molecule has 0 bridgehead atoms. The van der Waals surface area contributed by atoms with Crippen molar-refractivity contribution in [3.63, 3.8) is 0 Å². The minimum Gasteiger partial charge on any atom is -0.460 e. The van der Waals surface area contributed by atoms with Crippen LogP contribution in [0.5, 0.6) is 0 Å². The van der Waals surface area contributed by atoms with Crippen LogP contribution in [0, 0.1) is 17.5 Å². The Kier molecular flexibility index (Phi) is 4.92. The Labute approximate surface area is 114 Å². The number of hydrogen-bond donors (Lipinski definition) is 0. The van der Waals surface area contributed by atoms with Gasteiger partial charge in [0, 0.05) is 12.5 Å². The Bertz CT molecular complexity index is 533. The van der Waals surface area contributed by atoms with Crippen LogP contribution in [0.4, 0.5) is 13.2 Å². The molecule has 0 atom stereocenters. The van der Waals surface area contributed by atoms with Gasteiger partial charge in [-0.25, -0.2) is 13.2 Å². The lowest BCUT2D eigenvalue weighted by molar-refractivity contribution is -0.156. The zero-order chi connectivity index (χ0) is 15.5. The van der Waals surface area contributed by atoms with Crippen molar-refractivity contribution in [1.29, 1.82) is 0 Å². The largest absolute Gasteiger partial charge is 0.460 e. The molecule has 0 radical (unpaired) electrons. The van der Waals surface area contributed by atoms with Crippen LogP contribution >= 0.6 is 0 Å². The smallest absolute Gasteiger partial charge is 0.313 e. The molecule has 0 aromatic heterocycles. The summed E-state index contributed by atoms with van der Waals surface area (Å²) in [5, 5.41) is 0. The summed E-state index contributed by atoms with van der Waals surface area (Å²) < 4.78 is 43.9. The normalized spacial score (nSPS) is 11.3. The fraction of sp³-hybridized carbons (Fsp3) is 0.429. The molecule has 6 heteroatoms. The van der Waals surface area contributed by atoms with E-state index in [-0.39, 0.29) is 5.56 Å². The van der Waals surface area contributed by atoms with E-state index >= 15 is 0 Å². The van der Waals surface area contributed by atoms with Gasteiger partial charge < -0.3 is 4.74 Å². The van der Waals surface area contributed by atoms with E-state index in [1.54, 1.807) is 20.8 Å². The molecule has 1 aromatic rings. The average Bonchev–Trinajstić information content (AvgIpc) is 2.22. The highest BCUT2D eigenvalue weighted by molar-refractivity contribution is 5.96. The maximum Gasteiger partial charge on any atom is 0.313 e. The molecule has 0 aliphatic carbocycles. The molecule has 110 valence electrons. The fourth-order valence-electron chi connectivity index (χ4n) is 1.51. The molecule has 0 saturated carbocycles. The van der Waals surface area contributed by atoms with E-state index in [0.29, 0.717) is 12.1 Å². The molecule has 20 heavy (non-hydrogen) atoms. The first-order valence-corrected chi connectivity index (χ1v) is 5.95. The van der Waals surface area contributed by atoms with Crippen LogP contribution in [-0.4, -0.2) is 17.4 Å². The third-order valence-electron chi connectivity index (χ3n) is 2.24. The first-order valence-electron chi connectivity index (χ1n) is 5.95. The van der Waals surface area contributed by atoms with Gasteiger partial charge in [0.25, 0.3) is 0 Å². The van der Waals surface area contributed by atoms with E-state index in [2.05, 4.69) is 0 Å². The number of carbonyl (C=O) groups is 2. The standard InChI is InChI=1S/C14H15F3O3/c1-14(2,3)20-13(19)6-9(18)4-8-5-11(16)12(17)7-10(8)15/h5,7H,4,6H2,1-3H3. The third-order valence-corrected chi connectivity index (χ3v) is 2.24. The minimum atomic E-state index is -1.33. The van der Waals surface area contributed by atoms with Crippen molar-refractivity contribution in [3.05, 3.63) is 35.1 Å². The zero-order valence-corrected chi connectivity index (χ0v) is 11.4. The molecule has 3 nitrogen and oxygen atoms in total. The van der Waals surface area contributed by atoms with Crippen LogP contribution < -0.4 is 0 Å². The van der Waals surface area contributed by atoms with Gasteiger partial charge in [0.05, 0.1) is 0 Å². The second kappa shape index (κ2) is 6.07. The third kappa shape index (κ3) is 5.03. The van der Waals surface area contributed by atoms with Crippen LogP contribution in [-0.2, 0) is 20.7 Å². The fourth-order valence-corrected chi connectivity index (χ4v) is 1.51. The van der Waals surface area contributed by atoms with E-state index < -0.39 is 47.6 Å². The number of Topliss-reactive ketones (excluding diaryl/α,β-unsaturated/α-hetero) is 1. The summed E-state index contributed by atoms with van der Waals surface area (Å²) in [6.07, 6.45) is -1.04. The highest BCUT2D eigenvalue weighted by Crippen LogP contribution is 2.15. The number of ketones is 1. The number of hydrogen-bond acceptors (Lipinski definition) is 3. The minimum absolute atomic E-state index is 0.294. The summed E-state index contributed by atoms with van der Waals surface area (Å²) in [5.74, 6) is -4.98. The van der Waals surface area contributed by atoms with Gasteiger partial charge in [-0.3, -0.25) is 9.59 Å². The molecule has 1 rings (SSSR count). The number of halogens is 3. The van der Waals surface area contributed by atoms with Gasteiger partial charge in [-0.1, -0.05) is 0 Å². The van der Waals surface area contributed by atoms with Crippen LogP contribution in [0.15, 0.2) is 12.1 Å². The van der Waals surface area contributed by atoms with Crippen molar-refractivity contribution in [1.82, 2.24) is 0 Å². The first kappa shape index (κ1) is 16.2. The molecule has 0 unspecified atom stereocenters. The quantitative estimate of drug-likeness (QED) is 0.486. The second-order valence-corrected chi connectivity index (χ2v) is 5.34. The Balaban J connectivity index is 2.68. The predicted octanol–water partition coefficient (Wildman–Crippen LogP) is 2.95. The van der Waals surface area contributed by atoms with Crippen molar-refractivity contribution in [2.24, 2.45) is 0 Å². The summed E-state index contributed by atoms with van der Waals surface area (Å²) in [6.45, 7) is 4.93. The Hall–Kier alpha value is -1.85. The lowest BCUT2D eigenvalue weighted by atomic mass is 10.1. The second-order valence-electron chi connectivity index (χ2n) is 5.34. The lowest BCUT2D eigenvalue weighted by Crippen LogP contribution is -2.25. The molecule has 0 fully saturated rings. The highest BCUT2D eigenvalue weighted by atomic mass is 19.2. The molecular weight excluding hydrogens is 273 g/mol. The number of carbonyl (C=O) groups excluding carboxylic acids is 2. The van der Waals surface area contributed by atoms with Crippen LogP contribution in [0.3, 0.4) is 0 Å². The monoisotopic (exact) mass is 288 g/mol. The van der Waals surface area contributed by atoms with Gasteiger partial charge in [0.1, 0.15) is 23.6 Å². The summed E-state index contributed by atoms with van der Waals surface area (Å²) in [7, 11) is 0. The number of ether oxygens (including phenoxy) is 1. The number of esters is 1. The van der Waals surface area contributed by atoms with E-state index in [9.17, 15) is 22.8 Å². The van der Waals surface area contributed by atoms with Gasteiger partial charge >= 0.3 is 5.97 Å².